The van der Waals surface area contributed by atoms with E-state index < -0.39 is 0 Å². The molecule has 5 heteroatoms. The van der Waals surface area contributed by atoms with Gasteiger partial charge in [-0.25, -0.2) is 9.97 Å². The lowest BCUT2D eigenvalue weighted by Gasteiger charge is -2.14. The average molecular weight is 291 g/mol. The van der Waals surface area contributed by atoms with Crippen molar-refractivity contribution in [3.8, 4) is 0 Å². The van der Waals surface area contributed by atoms with Crippen LogP contribution < -0.4 is 10.6 Å². The van der Waals surface area contributed by atoms with Gasteiger partial charge in [-0.15, -0.1) is 0 Å². The van der Waals surface area contributed by atoms with Gasteiger partial charge in [0.05, 0.1) is 10.7 Å². The maximum atomic E-state index is 6.25. The molecule has 2 N–H and O–H groups in total. The highest BCUT2D eigenvalue weighted by molar-refractivity contribution is 6.33. The van der Waals surface area contributed by atoms with Crippen LogP contribution in [0.2, 0.25) is 5.02 Å². The van der Waals surface area contributed by atoms with Crippen LogP contribution in [0.25, 0.3) is 0 Å². The monoisotopic (exact) mass is 290 g/mol. The van der Waals surface area contributed by atoms with E-state index in [1.807, 2.05) is 32.0 Å². The summed E-state index contributed by atoms with van der Waals surface area (Å²) in [4.78, 5) is 8.61. The number of halogens is 1. The van der Waals surface area contributed by atoms with E-state index in [-0.39, 0.29) is 0 Å². The summed E-state index contributed by atoms with van der Waals surface area (Å²) in [6.45, 7) is 6.97. The van der Waals surface area contributed by atoms with E-state index in [2.05, 4.69) is 27.5 Å². The van der Waals surface area contributed by atoms with Gasteiger partial charge in [-0.3, -0.25) is 0 Å². The van der Waals surface area contributed by atoms with E-state index in [9.17, 15) is 0 Å². The number of hydrogen-bond donors (Lipinski definition) is 2. The van der Waals surface area contributed by atoms with Gasteiger partial charge in [-0.2, -0.15) is 0 Å². The van der Waals surface area contributed by atoms with Crippen molar-refractivity contribution in [3.63, 3.8) is 0 Å². The summed E-state index contributed by atoms with van der Waals surface area (Å²) in [7, 11) is 0. The van der Waals surface area contributed by atoms with Crippen LogP contribution >= 0.6 is 11.6 Å². The summed E-state index contributed by atoms with van der Waals surface area (Å²) in [6, 6.07) is 5.92. The zero-order chi connectivity index (χ0) is 14.5. The first-order valence-corrected chi connectivity index (χ1v) is 7.14. The quantitative estimate of drug-likeness (QED) is 0.867. The van der Waals surface area contributed by atoms with Gasteiger partial charge in [0.15, 0.2) is 0 Å². The van der Waals surface area contributed by atoms with Gasteiger partial charge >= 0.3 is 0 Å². The summed E-state index contributed by atoms with van der Waals surface area (Å²) < 4.78 is 0. The van der Waals surface area contributed by atoms with Crippen LogP contribution in [-0.2, 0) is 6.42 Å². The molecule has 20 heavy (non-hydrogen) atoms. The molecule has 0 saturated carbocycles. The Bertz CT molecular complexity index is 598. The normalized spacial score (nSPS) is 10.4. The van der Waals surface area contributed by atoms with Crippen LogP contribution in [-0.4, -0.2) is 16.5 Å². The largest absolute Gasteiger partial charge is 0.370 e. The zero-order valence-corrected chi connectivity index (χ0v) is 12.8. The average Bonchev–Trinajstić information content (AvgIpc) is 2.42. The molecule has 0 atom stereocenters. The zero-order valence-electron chi connectivity index (χ0n) is 12.0. The molecule has 1 heterocycles. The third kappa shape index (κ3) is 3.20. The smallest absolute Gasteiger partial charge is 0.139 e. The predicted molar refractivity (Wildman–Crippen MR) is 85.0 cm³/mol. The first-order chi connectivity index (χ1) is 9.65. The van der Waals surface area contributed by atoms with Crippen molar-refractivity contribution >= 4 is 28.9 Å². The molecular weight excluding hydrogens is 272 g/mol. The summed E-state index contributed by atoms with van der Waals surface area (Å²) in [5.74, 6) is 1.67. The summed E-state index contributed by atoms with van der Waals surface area (Å²) >= 11 is 6.25. The van der Waals surface area contributed by atoms with Crippen LogP contribution in [0.4, 0.5) is 17.3 Å². The van der Waals surface area contributed by atoms with Crippen molar-refractivity contribution in [1.29, 1.82) is 0 Å². The number of rotatable bonds is 5. The minimum Gasteiger partial charge on any atom is -0.370 e. The van der Waals surface area contributed by atoms with Gasteiger partial charge in [0.2, 0.25) is 0 Å². The highest BCUT2D eigenvalue weighted by Crippen LogP contribution is 2.29. The summed E-state index contributed by atoms with van der Waals surface area (Å²) in [6.07, 6.45) is 2.40. The molecule has 0 radical (unpaired) electrons. The van der Waals surface area contributed by atoms with E-state index in [0.29, 0.717) is 5.02 Å². The molecule has 0 aliphatic rings. The number of hydrogen-bond acceptors (Lipinski definition) is 4. The van der Waals surface area contributed by atoms with Crippen LogP contribution in [0.1, 0.15) is 25.0 Å². The minimum absolute atomic E-state index is 0.690. The molecule has 0 spiro atoms. The Morgan fingerprint density at radius 2 is 1.90 bits per heavy atom. The van der Waals surface area contributed by atoms with E-state index in [0.717, 1.165) is 41.4 Å². The van der Waals surface area contributed by atoms with Gasteiger partial charge in [0, 0.05) is 12.1 Å². The predicted octanol–water partition coefficient (Wildman–Crippen LogP) is 4.18. The Morgan fingerprint density at radius 1 is 1.15 bits per heavy atom. The Labute approximate surface area is 124 Å². The molecule has 0 aliphatic heterocycles. The standard InChI is InChI=1S/C15H19ClN4/c1-4-11-14(17-5-2)18-9-19-15(11)20-13-7-6-10(3)8-12(13)16/h6-9H,4-5H2,1-3H3,(H2,17,18,19,20). The lowest BCUT2D eigenvalue weighted by Crippen LogP contribution is -2.07. The van der Waals surface area contributed by atoms with Crippen molar-refractivity contribution < 1.29 is 0 Å². The van der Waals surface area contributed by atoms with Gasteiger partial charge in [0.25, 0.3) is 0 Å². The van der Waals surface area contributed by atoms with Crippen LogP contribution in [0.3, 0.4) is 0 Å². The fraction of sp³-hybridized carbons (Fsp3) is 0.333. The van der Waals surface area contributed by atoms with Crippen molar-refractivity contribution in [2.75, 3.05) is 17.2 Å². The van der Waals surface area contributed by atoms with Crippen molar-refractivity contribution in [2.45, 2.75) is 27.2 Å². The van der Waals surface area contributed by atoms with E-state index in [4.69, 9.17) is 11.6 Å². The fourth-order valence-electron chi connectivity index (χ4n) is 2.02. The highest BCUT2D eigenvalue weighted by Gasteiger charge is 2.10. The number of benzene rings is 1. The lowest BCUT2D eigenvalue weighted by molar-refractivity contribution is 1.03. The minimum atomic E-state index is 0.690. The molecule has 0 aliphatic carbocycles. The molecule has 0 saturated heterocycles. The van der Waals surface area contributed by atoms with Gasteiger partial charge < -0.3 is 10.6 Å². The van der Waals surface area contributed by atoms with E-state index in [1.165, 1.54) is 0 Å². The molecule has 0 unspecified atom stereocenters. The molecule has 1 aromatic carbocycles. The Hall–Kier alpha value is -1.81. The number of aryl methyl sites for hydroxylation is 1. The van der Waals surface area contributed by atoms with Crippen molar-refractivity contribution in [2.24, 2.45) is 0 Å². The summed E-state index contributed by atoms with van der Waals surface area (Å²) in [5.41, 5.74) is 3.05. The second kappa shape index (κ2) is 6.57. The Balaban J connectivity index is 2.35. The molecular formula is C15H19ClN4. The van der Waals surface area contributed by atoms with Crippen LogP contribution in [0, 0.1) is 6.92 Å². The third-order valence-electron chi connectivity index (χ3n) is 3.02. The van der Waals surface area contributed by atoms with E-state index >= 15 is 0 Å². The maximum Gasteiger partial charge on any atom is 0.139 e. The first kappa shape index (κ1) is 14.6. The number of anilines is 3. The molecule has 0 amide bonds. The topological polar surface area (TPSA) is 49.8 Å². The lowest BCUT2D eigenvalue weighted by atomic mass is 10.2. The Kier molecular flexibility index (Phi) is 4.79. The van der Waals surface area contributed by atoms with Gasteiger partial charge in [0.1, 0.15) is 18.0 Å². The number of nitrogens with zero attached hydrogens (tertiary/aromatic N) is 2. The van der Waals surface area contributed by atoms with Gasteiger partial charge in [-0.1, -0.05) is 24.6 Å². The van der Waals surface area contributed by atoms with Crippen molar-refractivity contribution in [3.05, 3.63) is 40.7 Å². The number of nitrogens with one attached hydrogen (secondary N) is 2. The Morgan fingerprint density at radius 3 is 2.55 bits per heavy atom. The fourth-order valence-corrected chi connectivity index (χ4v) is 2.31. The number of aromatic nitrogens is 2. The highest BCUT2D eigenvalue weighted by atomic mass is 35.5. The molecule has 2 aromatic rings. The first-order valence-electron chi connectivity index (χ1n) is 6.76. The third-order valence-corrected chi connectivity index (χ3v) is 3.33. The summed E-state index contributed by atoms with van der Waals surface area (Å²) in [5, 5.41) is 7.24. The second-order valence-corrected chi connectivity index (χ2v) is 4.95. The van der Waals surface area contributed by atoms with Crippen LogP contribution in [0.15, 0.2) is 24.5 Å². The second-order valence-electron chi connectivity index (χ2n) is 4.54. The van der Waals surface area contributed by atoms with E-state index in [1.54, 1.807) is 6.33 Å². The van der Waals surface area contributed by atoms with Crippen LogP contribution in [0.5, 0.6) is 0 Å². The molecule has 1 aromatic heterocycles. The molecule has 4 nitrogen and oxygen atoms in total. The maximum absolute atomic E-state index is 6.25. The molecule has 2 rings (SSSR count). The molecule has 106 valence electrons. The van der Waals surface area contributed by atoms with Crippen molar-refractivity contribution in [1.82, 2.24) is 9.97 Å². The van der Waals surface area contributed by atoms with Gasteiger partial charge in [-0.05, 0) is 38.0 Å². The SMILES string of the molecule is CCNc1ncnc(Nc2ccc(C)cc2Cl)c1CC. The molecule has 0 fully saturated rings. The molecule has 0 bridgehead atoms.